The lowest BCUT2D eigenvalue weighted by Gasteiger charge is -2.15. The van der Waals surface area contributed by atoms with E-state index >= 15 is 0 Å². The molecule has 5 nitrogen and oxygen atoms in total. The summed E-state index contributed by atoms with van der Waals surface area (Å²) in [6.07, 6.45) is 0. The van der Waals surface area contributed by atoms with Crippen LogP contribution in [0.4, 0.5) is 0 Å². The Kier molecular flexibility index (Phi) is 6.18. The van der Waals surface area contributed by atoms with Crippen LogP contribution in [0, 0.1) is 0 Å². The minimum Gasteiger partial charge on any atom is -0.307 e. The molecule has 0 saturated heterocycles. The van der Waals surface area contributed by atoms with Gasteiger partial charge in [0.1, 0.15) is 0 Å². The van der Waals surface area contributed by atoms with E-state index in [0.717, 1.165) is 60.4 Å². The summed E-state index contributed by atoms with van der Waals surface area (Å²) in [5.74, 6) is 1.83. The van der Waals surface area contributed by atoms with E-state index in [9.17, 15) is 0 Å². The Labute approximate surface area is 298 Å². The first-order chi connectivity index (χ1) is 25.8. The molecule has 11 rings (SSSR count). The zero-order valence-corrected chi connectivity index (χ0v) is 28.0. The van der Waals surface area contributed by atoms with Gasteiger partial charge < -0.3 is 4.57 Å². The molecular weight excluding hydrogens is 635 g/mol. The molecule has 0 radical (unpaired) electrons. The molecular formula is C47H29N5. The molecule has 0 atom stereocenters. The third-order valence-electron chi connectivity index (χ3n) is 10.4. The number of benzene rings is 8. The third kappa shape index (κ3) is 4.20. The molecule has 0 bridgehead atoms. The summed E-state index contributed by atoms with van der Waals surface area (Å²) in [4.78, 5) is 15.8. The maximum atomic E-state index is 5.37. The van der Waals surface area contributed by atoms with E-state index in [1.54, 1.807) is 0 Å². The van der Waals surface area contributed by atoms with Crippen molar-refractivity contribution in [2.24, 2.45) is 0 Å². The maximum absolute atomic E-state index is 5.37. The summed E-state index contributed by atoms with van der Waals surface area (Å²) in [5, 5.41) is 9.28. The van der Waals surface area contributed by atoms with Crippen LogP contribution in [0.5, 0.6) is 0 Å². The predicted molar refractivity (Wildman–Crippen MR) is 214 cm³/mol. The van der Waals surface area contributed by atoms with Crippen molar-refractivity contribution in [3.63, 3.8) is 0 Å². The van der Waals surface area contributed by atoms with Gasteiger partial charge in [-0.3, -0.25) is 4.57 Å². The zero-order chi connectivity index (χ0) is 34.2. The Hall–Kier alpha value is -7.11. The first kappa shape index (κ1) is 28.7. The average Bonchev–Trinajstić information content (AvgIpc) is 3.74. The Morgan fingerprint density at radius 2 is 0.846 bits per heavy atom. The van der Waals surface area contributed by atoms with Crippen molar-refractivity contribution in [1.82, 2.24) is 24.1 Å². The van der Waals surface area contributed by atoms with Crippen molar-refractivity contribution in [3.05, 3.63) is 176 Å². The van der Waals surface area contributed by atoms with E-state index in [4.69, 9.17) is 15.0 Å². The summed E-state index contributed by atoms with van der Waals surface area (Å²) in [6, 6.07) is 62.0. The fraction of sp³-hybridized carbons (Fsp3) is 0. The first-order valence-electron chi connectivity index (χ1n) is 17.6. The molecule has 0 N–H and O–H groups in total. The van der Waals surface area contributed by atoms with Gasteiger partial charge in [-0.25, -0.2) is 4.98 Å². The van der Waals surface area contributed by atoms with E-state index in [0.29, 0.717) is 17.6 Å². The summed E-state index contributed by atoms with van der Waals surface area (Å²) >= 11 is 0. The van der Waals surface area contributed by atoms with Crippen LogP contribution in [0.1, 0.15) is 0 Å². The lowest BCUT2D eigenvalue weighted by Crippen LogP contribution is -2.07. The summed E-state index contributed by atoms with van der Waals surface area (Å²) in [5.41, 5.74) is 7.38. The van der Waals surface area contributed by atoms with Crippen LogP contribution in [-0.4, -0.2) is 24.1 Å². The molecule has 0 unspecified atom stereocenters. The highest BCUT2D eigenvalue weighted by atomic mass is 15.2. The molecule has 5 heteroatoms. The van der Waals surface area contributed by atoms with Gasteiger partial charge in [-0.2, -0.15) is 9.97 Å². The predicted octanol–water partition coefficient (Wildman–Crippen LogP) is 11.7. The molecule has 0 aliphatic carbocycles. The molecule has 0 aliphatic heterocycles. The van der Waals surface area contributed by atoms with Crippen LogP contribution < -0.4 is 0 Å². The summed E-state index contributed by atoms with van der Waals surface area (Å²) in [6.45, 7) is 0. The molecule has 0 fully saturated rings. The topological polar surface area (TPSA) is 48.5 Å². The van der Waals surface area contributed by atoms with E-state index in [1.165, 1.54) is 21.5 Å². The Morgan fingerprint density at radius 1 is 0.327 bits per heavy atom. The van der Waals surface area contributed by atoms with Crippen LogP contribution in [0.25, 0.3) is 99.6 Å². The number of hydrogen-bond donors (Lipinski definition) is 0. The van der Waals surface area contributed by atoms with Crippen LogP contribution in [-0.2, 0) is 0 Å². The minimum absolute atomic E-state index is 0.574. The van der Waals surface area contributed by atoms with Crippen LogP contribution in [0.15, 0.2) is 176 Å². The first-order valence-corrected chi connectivity index (χ1v) is 17.6. The normalized spacial score (nSPS) is 11.8. The number of aromatic nitrogens is 5. The molecule has 8 aromatic carbocycles. The second kappa shape index (κ2) is 11.2. The van der Waals surface area contributed by atoms with Crippen molar-refractivity contribution in [2.45, 2.75) is 0 Å². The SMILES string of the molecule is c1ccc(-c2nc(-c3cccc4ccccc34)nc(-n3c4ccccc4c4ccc5c6ccccc6n(-c6cccc7ccccc67)c5c43)n2)cc1. The van der Waals surface area contributed by atoms with Crippen molar-refractivity contribution >= 4 is 65.2 Å². The third-order valence-corrected chi connectivity index (χ3v) is 10.4. The van der Waals surface area contributed by atoms with Crippen molar-refractivity contribution in [2.75, 3.05) is 0 Å². The van der Waals surface area contributed by atoms with Gasteiger partial charge in [0.15, 0.2) is 11.6 Å². The van der Waals surface area contributed by atoms with Crippen LogP contribution in [0.2, 0.25) is 0 Å². The lowest BCUT2D eigenvalue weighted by atomic mass is 10.0. The highest BCUT2D eigenvalue weighted by Gasteiger charge is 2.24. The molecule has 3 aromatic heterocycles. The van der Waals surface area contributed by atoms with Crippen molar-refractivity contribution in [3.8, 4) is 34.4 Å². The highest BCUT2D eigenvalue weighted by molar-refractivity contribution is 6.24. The van der Waals surface area contributed by atoms with Gasteiger partial charge in [0, 0.05) is 38.1 Å². The molecule has 242 valence electrons. The Balaban J connectivity index is 1.33. The van der Waals surface area contributed by atoms with Gasteiger partial charge in [0.2, 0.25) is 5.95 Å². The average molecular weight is 664 g/mol. The molecule has 52 heavy (non-hydrogen) atoms. The van der Waals surface area contributed by atoms with Gasteiger partial charge >= 0.3 is 0 Å². The van der Waals surface area contributed by atoms with Gasteiger partial charge in [-0.15, -0.1) is 0 Å². The minimum atomic E-state index is 0.574. The van der Waals surface area contributed by atoms with Gasteiger partial charge in [-0.05, 0) is 34.4 Å². The van der Waals surface area contributed by atoms with Crippen LogP contribution >= 0.6 is 0 Å². The lowest BCUT2D eigenvalue weighted by molar-refractivity contribution is 0.954. The standard InChI is InChI=1S/C47H29N5/c1-2-16-32(17-3-1)45-48-46(39-24-12-18-30-14-4-6-20-33(30)39)50-47(49-45)52-42-26-11-9-23-36(42)38-29-28-37-35-22-8-10-25-41(35)51(43(37)44(38)52)40-27-13-19-31-15-5-7-21-34(31)40/h1-29H. The van der Waals surface area contributed by atoms with Gasteiger partial charge in [0.25, 0.3) is 0 Å². The number of fused-ring (bicyclic) bond motifs is 9. The molecule has 0 saturated carbocycles. The summed E-state index contributed by atoms with van der Waals surface area (Å²) in [7, 11) is 0. The maximum Gasteiger partial charge on any atom is 0.238 e. The monoisotopic (exact) mass is 663 g/mol. The van der Waals surface area contributed by atoms with Crippen LogP contribution in [0.3, 0.4) is 0 Å². The quantitative estimate of drug-likeness (QED) is 0.188. The number of rotatable bonds is 4. The van der Waals surface area contributed by atoms with E-state index in [2.05, 4.69) is 167 Å². The molecule has 0 amide bonds. The second-order valence-corrected chi connectivity index (χ2v) is 13.2. The number of hydrogen-bond acceptors (Lipinski definition) is 3. The van der Waals surface area contributed by atoms with Gasteiger partial charge in [0.05, 0.1) is 27.8 Å². The van der Waals surface area contributed by atoms with E-state index < -0.39 is 0 Å². The summed E-state index contributed by atoms with van der Waals surface area (Å²) < 4.78 is 4.70. The zero-order valence-electron chi connectivity index (χ0n) is 28.0. The number of para-hydroxylation sites is 2. The van der Waals surface area contributed by atoms with Gasteiger partial charge in [-0.1, -0.05) is 158 Å². The molecule has 0 aliphatic rings. The van der Waals surface area contributed by atoms with E-state index in [-0.39, 0.29) is 0 Å². The second-order valence-electron chi connectivity index (χ2n) is 13.2. The fourth-order valence-corrected chi connectivity index (χ4v) is 8.08. The van der Waals surface area contributed by atoms with E-state index in [1.807, 2.05) is 18.2 Å². The smallest absolute Gasteiger partial charge is 0.238 e. The fourth-order valence-electron chi connectivity index (χ4n) is 8.08. The molecule has 11 aromatic rings. The largest absolute Gasteiger partial charge is 0.307 e. The molecule has 3 heterocycles. The van der Waals surface area contributed by atoms with Crippen molar-refractivity contribution < 1.29 is 0 Å². The van der Waals surface area contributed by atoms with Crippen molar-refractivity contribution in [1.29, 1.82) is 0 Å². The molecule has 0 spiro atoms. The Bertz CT molecular complexity index is 3180. The number of nitrogens with zero attached hydrogens (tertiary/aromatic N) is 5. The highest BCUT2D eigenvalue weighted by Crippen LogP contribution is 2.42. The Morgan fingerprint density at radius 3 is 1.58 bits per heavy atom.